The molecule has 0 heterocycles. The highest BCUT2D eigenvalue weighted by molar-refractivity contribution is 4.48. The van der Waals surface area contributed by atoms with Gasteiger partial charge >= 0.3 is 0 Å². The zero-order chi connectivity index (χ0) is 7.98. The fraction of sp³-hybridized carbons (Fsp3) is 1.00. The van der Waals surface area contributed by atoms with Crippen LogP contribution in [0.25, 0.3) is 0 Å². The topological polar surface area (TPSA) is 72.6 Å². The Bertz CT molecular complexity index is 106. The van der Waals surface area contributed by atoms with Crippen LogP contribution in [0.15, 0.2) is 0 Å². The molecule has 5 heteroatoms. The largest absolute Gasteiger partial charge is 0.393 e. The Morgan fingerprint density at radius 1 is 1.80 bits per heavy atom. The minimum absolute atomic E-state index is 0.0258. The first-order valence-electron chi connectivity index (χ1n) is 3.12. The molecule has 1 unspecified atom stereocenters. The molecule has 5 nitrogen and oxygen atoms in total. The summed E-state index contributed by atoms with van der Waals surface area (Å²) in [7, 11) is 0. The second kappa shape index (κ2) is 4.99. The summed E-state index contributed by atoms with van der Waals surface area (Å²) < 4.78 is 0. The molecule has 0 fully saturated rings. The van der Waals surface area contributed by atoms with E-state index >= 15 is 0 Å². The molecule has 0 saturated heterocycles. The van der Waals surface area contributed by atoms with Crippen molar-refractivity contribution in [3.63, 3.8) is 0 Å². The third-order valence-electron chi connectivity index (χ3n) is 1.12. The third kappa shape index (κ3) is 5.30. The molecule has 0 rings (SSSR count). The molecule has 1 N–H and O–H groups in total. The summed E-state index contributed by atoms with van der Waals surface area (Å²) in [5.41, 5.74) is 0. The molecule has 1 atom stereocenters. The van der Waals surface area contributed by atoms with E-state index in [1.807, 2.05) is 0 Å². The lowest BCUT2D eigenvalue weighted by Crippen LogP contribution is -2.11. The zero-order valence-electron chi connectivity index (χ0n) is 5.82. The Hall–Kier alpha value is -0.840. The van der Waals surface area contributed by atoms with Gasteiger partial charge in [0, 0.05) is 0 Å². The van der Waals surface area contributed by atoms with Gasteiger partial charge in [0.1, 0.15) is 0 Å². The summed E-state index contributed by atoms with van der Waals surface area (Å²) >= 11 is 0. The zero-order valence-corrected chi connectivity index (χ0v) is 5.82. The van der Waals surface area contributed by atoms with Crippen LogP contribution in [-0.2, 0) is 4.84 Å². The van der Waals surface area contributed by atoms with Gasteiger partial charge in [-0.05, 0) is 12.8 Å². The van der Waals surface area contributed by atoms with E-state index in [4.69, 9.17) is 5.11 Å². The van der Waals surface area contributed by atoms with Gasteiger partial charge in [-0.1, -0.05) is 6.92 Å². The number of nitrogens with zero attached hydrogens (tertiary/aromatic N) is 1. The normalized spacial score (nSPS) is 12.6. The molecule has 0 aliphatic rings. The summed E-state index contributed by atoms with van der Waals surface area (Å²) in [5, 5.41) is 17.6. The monoisotopic (exact) mass is 149 g/mol. The van der Waals surface area contributed by atoms with Gasteiger partial charge in [-0.3, -0.25) is 0 Å². The number of hydrogen-bond acceptors (Lipinski definition) is 4. The van der Waals surface area contributed by atoms with Crippen molar-refractivity contribution in [3.05, 3.63) is 10.1 Å². The standard InChI is InChI=1S/C5H11NO4/c1-2-5(7)3-4-10-6(8)9/h5,7H,2-4H2,1H3. The van der Waals surface area contributed by atoms with Crippen molar-refractivity contribution in [1.29, 1.82) is 0 Å². The minimum atomic E-state index is -0.859. The average Bonchev–Trinajstić information content (AvgIpc) is 1.87. The maximum absolute atomic E-state index is 9.57. The van der Waals surface area contributed by atoms with Crippen LogP contribution < -0.4 is 0 Å². The van der Waals surface area contributed by atoms with Crippen molar-refractivity contribution in [2.45, 2.75) is 25.9 Å². The highest BCUT2D eigenvalue weighted by Gasteiger charge is 2.01. The highest BCUT2D eigenvalue weighted by atomic mass is 16.9. The number of rotatable bonds is 5. The van der Waals surface area contributed by atoms with Gasteiger partial charge in [-0.15, -0.1) is 10.1 Å². The van der Waals surface area contributed by atoms with Crippen molar-refractivity contribution in [3.8, 4) is 0 Å². The van der Waals surface area contributed by atoms with Crippen LogP contribution in [0.1, 0.15) is 19.8 Å². The van der Waals surface area contributed by atoms with E-state index in [0.29, 0.717) is 12.8 Å². The minimum Gasteiger partial charge on any atom is -0.393 e. The molecule has 60 valence electrons. The van der Waals surface area contributed by atoms with Crippen LogP contribution >= 0.6 is 0 Å². The second-order valence-electron chi connectivity index (χ2n) is 1.91. The molecule has 0 aromatic heterocycles. The predicted molar refractivity (Wildman–Crippen MR) is 33.9 cm³/mol. The first-order valence-corrected chi connectivity index (χ1v) is 3.12. The molecule has 0 bridgehead atoms. The number of aliphatic hydroxyl groups is 1. The van der Waals surface area contributed by atoms with Gasteiger partial charge in [0.25, 0.3) is 5.09 Å². The maximum atomic E-state index is 9.57. The number of aliphatic hydroxyl groups excluding tert-OH is 1. The van der Waals surface area contributed by atoms with Gasteiger partial charge in [0.15, 0.2) is 0 Å². The molecular formula is C5H11NO4. The van der Waals surface area contributed by atoms with Gasteiger partial charge in [0.2, 0.25) is 0 Å². The summed E-state index contributed by atoms with van der Waals surface area (Å²) in [5.74, 6) is 0. The van der Waals surface area contributed by atoms with Crippen LogP contribution in [0.2, 0.25) is 0 Å². The Labute approximate surface area is 58.7 Å². The molecule has 0 aliphatic carbocycles. The van der Waals surface area contributed by atoms with Gasteiger partial charge in [-0.2, -0.15) is 0 Å². The van der Waals surface area contributed by atoms with Crippen LogP contribution in [0, 0.1) is 10.1 Å². The molecule has 0 saturated carbocycles. The fourth-order valence-electron chi connectivity index (χ4n) is 0.467. The molecule has 0 radical (unpaired) electrons. The van der Waals surface area contributed by atoms with Crippen molar-refractivity contribution < 1.29 is 15.0 Å². The summed E-state index contributed by atoms with van der Waals surface area (Å²) in [6.07, 6.45) is 0.429. The Morgan fingerprint density at radius 2 is 2.40 bits per heavy atom. The lowest BCUT2D eigenvalue weighted by Gasteiger charge is -2.04. The molecule has 0 spiro atoms. The van der Waals surface area contributed by atoms with E-state index in [-0.39, 0.29) is 6.61 Å². The Balaban J connectivity index is 3.11. The summed E-state index contributed by atoms with van der Waals surface area (Å²) in [4.78, 5) is 13.5. The van der Waals surface area contributed by atoms with Crippen LogP contribution in [0.4, 0.5) is 0 Å². The first kappa shape index (κ1) is 9.16. The fourth-order valence-corrected chi connectivity index (χ4v) is 0.467. The van der Waals surface area contributed by atoms with E-state index < -0.39 is 11.2 Å². The van der Waals surface area contributed by atoms with Crippen molar-refractivity contribution in [1.82, 2.24) is 0 Å². The molecule has 0 aromatic carbocycles. The second-order valence-corrected chi connectivity index (χ2v) is 1.91. The predicted octanol–water partition coefficient (Wildman–Crippen LogP) is 0.356. The lowest BCUT2D eigenvalue weighted by atomic mass is 10.2. The van der Waals surface area contributed by atoms with E-state index in [9.17, 15) is 10.1 Å². The SMILES string of the molecule is CCC(O)CCO[N+](=O)[O-]. The summed E-state index contributed by atoms with van der Waals surface area (Å²) in [6.45, 7) is 1.78. The molecule has 0 amide bonds. The molecule has 0 aliphatic heterocycles. The van der Waals surface area contributed by atoms with Gasteiger partial charge < -0.3 is 9.94 Å². The smallest absolute Gasteiger partial charge is 0.294 e. The van der Waals surface area contributed by atoms with E-state index in [0.717, 1.165) is 0 Å². The number of hydrogen-bond donors (Lipinski definition) is 1. The van der Waals surface area contributed by atoms with Gasteiger partial charge in [-0.25, -0.2) is 0 Å². The Kier molecular flexibility index (Phi) is 4.57. The van der Waals surface area contributed by atoms with Crippen LogP contribution in [0.5, 0.6) is 0 Å². The van der Waals surface area contributed by atoms with Crippen LogP contribution in [-0.4, -0.2) is 22.9 Å². The third-order valence-corrected chi connectivity index (χ3v) is 1.12. The molecular weight excluding hydrogens is 138 g/mol. The van der Waals surface area contributed by atoms with E-state index in [1.165, 1.54) is 0 Å². The van der Waals surface area contributed by atoms with Crippen molar-refractivity contribution >= 4 is 0 Å². The quantitative estimate of drug-likeness (QED) is 0.452. The van der Waals surface area contributed by atoms with Gasteiger partial charge in [0.05, 0.1) is 12.7 Å². The lowest BCUT2D eigenvalue weighted by molar-refractivity contribution is -0.758. The van der Waals surface area contributed by atoms with Crippen molar-refractivity contribution in [2.75, 3.05) is 6.61 Å². The Morgan fingerprint density at radius 3 is 2.80 bits per heavy atom. The van der Waals surface area contributed by atoms with E-state index in [1.54, 1.807) is 6.92 Å². The summed E-state index contributed by atoms with van der Waals surface area (Å²) in [6, 6.07) is 0. The van der Waals surface area contributed by atoms with E-state index in [2.05, 4.69) is 4.84 Å². The maximum Gasteiger partial charge on any atom is 0.294 e. The first-order chi connectivity index (χ1) is 4.66. The van der Waals surface area contributed by atoms with Crippen LogP contribution in [0.3, 0.4) is 0 Å². The highest BCUT2D eigenvalue weighted by Crippen LogP contribution is 1.95. The molecule has 0 aromatic rings. The average molecular weight is 149 g/mol. The van der Waals surface area contributed by atoms with Crippen molar-refractivity contribution in [2.24, 2.45) is 0 Å². The molecule has 10 heavy (non-hydrogen) atoms.